The van der Waals surface area contributed by atoms with Gasteiger partial charge in [-0.05, 0) is 12.2 Å². The molecule has 0 N–H and O–H groups in total. The quantitative estimate of drug-likeness (QED) is 0.235. The molecule has 0 amide bonds. The zero-order valence-electron chi connectivity index (χ0n) is 15.0. The molecule has 0 spiro atoms. The molecule has 0 rings (SSSR count). The van der Waals surface area contributed by atoms with Crippen LogP contribution in [0.1, 0.15) is 40.0 Å². The summed E-state index contributed by atoms with van der Waals surface area (Å²) in [6.07, 6.45) is 2.62. The lowest BCUT2D eigenvalue weighted by molar-refractivity contribution is -0.226. The van der Waals surface area contributed by atoms with Gasteiger partial charge in [-0.25, -0.2) is 0 Å². The van der Waals surface area contributed by atoms with Gasteiger partial charge in [0, 0.05) is 33.8 Å². The summed E-state index contributed by atoms with van der Waals surface area (Å²) in [6.45, 7) is 13.1. The second-order valence-corrected chi connectivity index (χ2v) is 13.7. The van der Waals surface area contributed by atoms with Crippen LogP contribution in [0.15, 0.2) is 0 Å². The van der Waals surface area contributed by atoms with Crippen LogP contribution < -0.4 is 0 Å². The van der Waals surface area contributed by atoms with E-state index in [9.17, 15) is 4.79 Å². The molecule has 0 bridgehead atoms. The van der Waals surface area contributed by atoms with Crippen LogP contribution in [0, 0.1) is 5.92 Å². The van der Waals surface area contributed by atoms with Gasteiger partial charge in [0.05, 0.1) is 5.92 Å². The van der Waals surface area contributed by atoms with Crippen molar-refractivity contribution >= 4 is 25.8 Å². The van der Waals surface area contributed by atoms with E-state index in [0.29, 0.717) is 12.8 Å². The van der Waals surface area contributed by atoms with Crippen molar-refractivity contribution in [3.8, 4) is 0 Å². The lowest BCUT2D eigenvalue weighted by Gasteiger charge is -2.30. The van der Waals surface area contributed by atoms with E-state index >= 15 is 0 Å². The Morgan fingerprint density at radius 1 is 1.24 bits per heavy atom. The van der Waals surface area contributed by atoms with Crippen LogP contribution in [-0.4, -0.2) is 38.4 Å². The molecule has 3 nitrogen and oxygen atoms in total. The fourth-order valence-corrected chi connectivity index (χ4v) is 4.54. The summed E-state index contributed by atoms with van der Waals surface area (Å²) < 4.78 is 11.0. The topological polar surface area (TPSA) is 35.5 Å². The average molecular weight is 335 g/mol. The van der Waals surface area contributed by atoms with Gasteiger partial charge < -0.3 is 9.47 Å². The first kappa shape index (κ1) is 21.0. The summed E-state index contributed by atoms with van der Waals surface area (Å²) in [7, 11) is 0.683. The number of methoxy groups -OCH3 is 1. The second-order valence-electron chi connectivity index (χ2n) is 6.88. The fraction of sp³-hybridized carbons (Fsp3) is 0.938. The predicted molar refractivity (Wildman–Crippen MR) is 95.7 cm³/mol. The maximum atomic E-state index is 12.1. The summed E-state index contributed by atoms with van der Waals surface area (Å²) in [5.41, 5.74) is 0. The minimum absolute atomic E-state index is 0.0745. The van der Waals surface area contributed by atoms with E-state index in [2.05, 4.69) is 19.6 Å². The summed E-state index contributed by atoms with van der Waals surface area (Å²) in [5, 5.41) is 0. The first-order chi connectivity index (χ1) is 9.69. The van der Waals surface area contributed by atoms with E-state index < -0.39 is 13.9 Å². The summed E-state index contributed by atoms with van der Waals surface area (Å²) in [6, 6.07) is 1.36. The Morgan fingerprint density at radius 3 is 2.24 bits per heavy atom. The van der Waals surface area contributed by atoms with Crippen LogP contribution >= 0.6 is 11.8 Å². The van der Waals surface area contributed by atoms with Crippen molar-refractivity contribution in [2.45, 2.75) is 71.5 Å². The number of thioether (sulfide) groups is 1. The fourth-order valence-electron chi connectivity index (χ4n) is 2.04. The minimum atomic E-state index is -0.924. The highest BCUT2D eigenvalue weighted by atomic mass is 32.2. The molecule has 126 valence electrons. The van der Waals surface area contributed by atoms with Crippen LogP contribution in [0.3, 0.4) is 0 Å². The Kier molecular flexibility index (Phi) is 9.90. The summed E-state index contributed by atoms with van der Waals surface area (Å²) in [5.74, 6) is 1.01. The molecule has 0 aliphatic carbocycles. The normalized spacial score (nSPS) is 14.0. The molecular formula is C16H34O3SSi. The molecular weight excluding hydrogens is 300 g/mol. The zero-order chi connectivity index (χ0) is 16.5. The van der Waals surface area contributed by atoms with E-state index in [1.165, 1.54) is 12.5 Å². The molecule has 5 heteroatoms. The molecule has 0 fully saturated rings. The maximum Gasteiger partial charge on any atom is 0.311 e. The van der Waals surface area contributed by atoms with Gasteiger partial charge in [-0.1, -0.05) is 46.5 Å². The van der Waals surface area contributed by atoms with Gasteiger partial charge >= 0.3 is 5.97 Å². The maximum absolute atomic E-state index is 12.1. The molecule has 0 aromatic heterocycles. The monoisotopic (exact) mass is 334 g/mol. The van der Waals surface area contributed by atoms with E-state index in [1.807, 2.05) is 32.5 Å². The van der Waals surface area contributed by atoms with E-state index in [-0.39, 0.29) is 11.9 Å². The van der Waals surface area contributed by atoms with E-state index in [0.717, 1.165) is 11.5 Å². The Bertz CT molecular complexity index is 290. The van der Waals surface area contributed by atoms with Crippen LogP contribution in [0.4, 0.5) is 0 Å². The summed E-state index contributed by atoms with van der Waals surface area (Å²) >= 11 is 1.86. The van der Waals surface area contributed by atoms with E-state index in [1.54, 1.807) is 7.11 Å². The number of hydrogen-bond donors (Lipinski definition) is 0. The number of esters is 1. The highest BCUT2D eigenvalue weighted by Gasteiger charge is 2.32. The van der Waals surface area contributed by atoms with Crippen molar-refractivity contribution in [3.05, 3.63) is 0 Å². The van der Waals surface area contributed by atoms with Gasteiger partial charge in [0.1, 0.15) is 0 Å². The number of ether oxygens (including phenoxy) is 2. The molecule has 21 heavy (non-hydrogen) atoms. The molecule has 1 unspecified atom stereocenters. The highest BCUT2D eigenvalue weighted by Crippen LogP contribution is 2.24. The molecule has 1 atom stereocenters. The molecule has 0 saturated carbocycles. The van der Waals surface area contributed by atoms with Crippen molar-refractivity contribution in [1.29, 1.82) is 0 Å². The Hall–Kier alpha value is -0.00312. The Morgan fingerprint density at radius 2 is 1.81 bits per heavy atom. The van der Waals surface area contributed by atoms with Gasteiger partial charge in [0.25, 0.3) is 0 Å². The van der Waals surface area contributed by atoms with E-state index in [4.69, 9.17) is 9.47 Å². The highest BCUT2D eigenvalue weighted by molar-refractivity contribution is 7.99. The number of carbonyl (C=O) groups excluding carboxylic acids is 1. The molecule has 0 aliphatic heterocycles. The number of rotatable bonds is 11. The Labute approximate surface area is 136 Å². The average Bonchev–Trinajstić information content (AvgIpc) is 2.43. The summed E-state index contributed by atoms with van der Waals surface area (Å²) in [4.78, 5) is 12.1. The lowest BCUT2D eigenvalue weighted by atomic mass is 10.1. The SMILES string of the molecule is CCC(CC)(OC)OC(=O)C(C)CSCCC[Si](C)(C)C. The first-order valence-corrected chi connectivity index (χ1v) is 12.9. The smallest absolute Gasteiger partial charge is 0.311 e. The zero-order valence-corrected chi connectivity index (χ0v) is 16.8. The van der Waals surface area contributed by atoms with Gasteiger partial charge in [-0.2, -0.15) is 11.8 Å². The van der Waals surface area contributed by atoms with Gasteiger partial charge in [-0.15, -0.1) is 0 Å². The predicted octanol–water partition coefficient (Wildman–Crippen LogP) is 4.79. The number of hydrogen-bond acceptors (Lipinski definition) is 4. The minimum Gasteiger partial charge on any atom is -0.433 e. The van der Waals surface area contributed by atoms with Crippen LogP contribution in [0.2, 0.25) is 25.7 Å². The number of carbonyl (C=O) groups is 1. The van der Waals surface area contributed by atoms with Crippen molar-refractivity contribution in [1.82, 2.24) is 0 Å². The third-order valence-corrected chi connectivity index (χ3v) is 6.89. The van der Waals surface area contributed by atoms with Crippen molar-refractivity contribution in [2.24, 2.45) is 5.92 Å². The van der Waals surface area contributed by atoms with Gasteiger partial charge in [0.15, 0.2) is 0 Å². The van der Waals surface area contributed by atoms with Crippen molar-refractivity contribution in [2.75, 3.05) is 18.6 Å². The molecule has 0 aromatic rings. The van der Waals surface area contributed by atoms with Crippen LogP contribution in [0.5, 0.6) is 0 Å². The lowest BCUT2D eigenvalue weighted by Crippen LogP contribution is -2.38. The van der Waals surface area contributed by atoms with Gasteiger partial charge in [0.2, 0.25) is 5.79 Å². The van der Waals surface area contributed by atoms with Crippen molar-refractivity contribution < 1.29 is 14.3 Å². The molecule has 0 saturated heterocycles. The second kappa shape index (κ2) is 9.90. The molecule has 0 heterocycles. The Balaban J connectivity index is 4.05. The standard InChI is InChI=1S/C16H34O3SSi/c1-8-16(9-2,18-4)19-15(17)14(3)13-20-11-10-12-21(5,6)7/h14H,8-13H2,1-7H3. The third-order valence-electron chi connectivity index (χ3n) is 3.72. The first-order valence-electron chi connectivity index (χ1n) is 8.05. The molecule has 0 radical (unpaired) electrons. The van der Waals surface area contributed by atoms with Crippen LogP contribution in [-0.2, 0) is 14.3 Å². The van der Waals surface area contributed by atoms with Crippen molar-refractivity contribution in [3.63, 3.8) is 0 Å². The molecule has 0 aromatic carbocycles. The largest absolute Gasteiger partial charge is 0.433 e. The third kappa shape index (κ3) is 8.89. The molecule has 0 aliphatic rings. The van der Waals surface area contributed by atoms with Gasteiger partial charge in [-0.3, -0.25) is 4.79 Å². The van der Waals surface area contributed by atoms with Crippen LogP contribution in [0.25, 0.3) is 0 Å².